The molecule has 1 N–H and O–H groups in total. The van der Waals surface area contributed by atoms with E-state index in [0.29, 0.717) is 17.8 Å². The van der Waals surface area contributed by atoms with Crippen molar-refractivity contribution in [3.8, 4) is 0 Å². The molecule has 3 aromatic rings. The van der Waals surface area contributed by atoms with Gasteiger partial charge in [0.25, 0.3) is 0 Å². The molecule has 1 aliphatic heterocycles. The molecule has 1 spiro atoms. The number of aromatic nitrogens is 3. The number of nitrogens with one attached hydrogen (secondary N) is 1. The molecule has 1 aromatic carbocycles. The van der Waals surface area contributed by atoms with Crippen LogP contribution in [0.2, 0.25) is 0 Å². The summed E-state index contributed by atoms with van der Waals surface area (Å²) < 4.78 is 41.3. The normalized spacial score (nSPS) is 25.1. The van der Waals surface area contributed by atoms with Gasteiger partial charge in [0.2, 0.25) is 0 Å². The lowest BCUT2D eigenvalue weighted by Gasteiger charge is -2.47. The highest BCUT2D eigenvalue weighted by Crippen LogP contribution is 2.46. The summed E-state index contributed by atoms with van der Waals surface area (Å²) in [6.07, 6.45) is -0.339. The largest absolute Gasteiger partial charge is 0.433 e. The maximum atomic E-state index is 13.0. The number of nitrogens with zero attached hydrogens (tertiary/aromatic N) is 5. The fourth-order valence-corrected chi connectivity index (χ4v) is 5.75. The van der Waals surface area contributed by atoms with E-state index in [1.807, 2.05) is 25.2 Å². The molecule has 3 heterocycles. The zero-order valence-electron chi connectivity index (χ0n) is 20.3. The number of halogens is 3. The van der Waals surface area contributed by atoms with Gasteiger partial charge in [0.05, 0.1) is 40.5 Å². The fraction of sp³-hybridized carbons (Fsp3) is 0.480. The van der Waals surface area contributed by atoms with Gasteiger partial charge < -0.3 is 9.88 Å². The van der Waals surface area contributed by atoms with Crippen LogP contribution in [0.5, 0.6) is 0 Å². The van der Waals surface area contributed by atoms with E-state index in [1.54, 1.807) is 6.92 Å². The number of hydrogen-bond donors (Lipinski definition) is 1. The second kappa shape index (κ2) is 7.94. The van der Waals surface area contributed by atoms with E-state index in [2.05, 4.69) is 39.9 Å². The van der Waals surface area contributed by atoms with Crippen molar-refractivity contribution in [2.75, 3.05) is 25.5 Å². The van der Waals surface area contributed by atoms with Crippen LogP contribution in [0.15, 0.2) is 36.5 Å². The fourth-order valence-electron chi connectivity index (χ4n) is 5.75. The molecule has 35 heavy (non-hydrogen) atoms. The summed E-state index contributed by atoms with van der Waals surface area (Å²) in [6.45, 7) is 1.97. The lowest BCUT2D eigenvalue weighted by Crippen LogP contribution is -2.54. The molecule has 7 nitrogen and oxygen atoms in total. The van der Waals surface area contributed by atoms with Gasteiger partial charge >= 0.3 is 12.2 Å². The second-order valence-electron chi connectivity index (χ2n) is 10.1. The first-order valence-electron chi connectivity index (χ1n) is 11.7. The van der Waals surface area contributed by atoms with Crippen molar-refractivity contribution >= 4 is 22.8 Å². The number of amides is 2. The Morgan fingerprint density at radius 1 is 1.11 bits per heavy atom. The predicted octanol–water partition coefficient (Wildman–Crippen LogP) is 4.60. The van der Waals surface area contributed by atoms with Crippen LogP contribution in [0.1, 0.15) is 42.8 Å². The van der Waals surface area contributed by atoms with Gasteiger partial charge in [-0.15, -0.1) is 0 Å². The van der Waals surface area contributed by atoms with Gasteiger partial charge in [-0.3, -0.25) is 9.80 Å². The van der Waals surface area contributed by atoms with E-state index < -0.39 is 17.4 Å². The number of fused-ring (bicyclic) bond motifs is 1. The first-order valence-corrected chi connectivity index (χ1v) is 11.7. The summed E-state index contributed by atoms with van der Waals surface area (Å²) in [7, 11) is 6.17. The number of carbonyl (C=O) groups excluding carboxylic acids is 1. The highest BCUT2D eigenvalue weighted by molar-refractivity contribution is 5.96. The Morgan fingerprint density at radius 3 is 2.40 bits per heavy atom. The molecule has 10 heteroatoms. The third-order valence-corrected chi connectivity index (χ3v) is 7.84. The Morgan fingerprint density at radius 2 is 1.80 bits per heavy atom. The van der Waals surface area contributed by atoms with E-state index in [9.17, 15) is 18.0 Å². The van der Waals surface area contributed by atoms with Crippen LogP contribution >= 0.6 is 0 Å². The van der Waals surface area contributed by atoms with Crippen LogP contribution < -0.4 is 10.2 Å². The van der Waals surface area contributed by atoms with Crippen molar-refractivity contribution in [1.82, 2.24) is 24.8 Å². The number of urea groups is 1. The van der Waals surface area contributed by atoms with E-state index in [0.717, 1.165) is 54.8 Å². The molecule has 1 saturated carbocycles. The number of pyridine rings is 1. The van der Waals surface area contributed by atoms with Crippen LogP contribution in [-0.4, -0.2) is 51.6 Å². The number of carbonyl (C=O) groups is 1. The molecular formula is C25H29F3N6O. The first-order chi connectivity index (χ1) is 16.5. The van der Waals surface area contributed by atoms with Crippen molar-refractivity contribution in [2.24, 2.45) is 7.05 Å². The molecule has 0 bridgehead atoms. The third kappa shape index (κ3) is 3.74. The summed E-state index contributed by atoms with van der Waals surface area (Å²) in [5.74, 6) is 1.00. The van der Waals surface area contributed by atoms with E-state index >= 15 is 0 Å². The van der Waals surface area contributed by atoms with Crippen molar-refractivity contribution < 1.29 is 18.0 Å². The molecule has 0 radical (unpaired) electrons. The highest BCUT2D eigenvalue weighted by atomic mass is 19.4. The van der Waals surface area contributed by atoms with Crippen LogP contribution in [0.4, 0.5) is 23.7 Å². The van der Waals surface area contributed by atoms with Crippen molar-refractivity contribution in [2.45, 2.75) is 49.9 Å². The molecule has 5 rings (SSSR count). The number of aryl methyl sites for hydroxylation is 2. The van der Waals surface area contributed by atoms with Crippen LogP contribution in [0, 0.1) is 6.92 Å². The SMILES string of the molecule is Cc1cc(C(F)(F)F)ncc1N1CC2(CCC(c3nc4ccccc4n3C)(N(C)C)CC2)NC1=O. The number of para-hydroxylation sites is 2. The van der Waals surface area contributed by atoms with Gasteiger partial charge in [-0.1, -0.05) is 12.1 Å². The molecule has 1 aliphatic carbocycles. The second-order valence-corrected chi connectivity index (χ2v) is 10.1. The highest BCUT2D eigenvalue weighted by Gasteiger charge is 2.52. The predicted molar refractivity (Wildman–Crippen MR) is 127 cm³/mol. The van der Waals surface area contributed by atoms with Gasteiger partial charge in [0, 0.05) is 7.05 Å². The number of alkyl halides is 3. The number of imidazole rings is 1. The molecule has 2 fully saturated rings. The molecule has 186 valence electrons. The summed E-state index contributed by atoms with van der Waals surface area (Å²) in [5.41, 5.74) is 1.12. The topological polar surface area (TPSA) is 66.3 Å². The molecule has 0 unspecified atom stereocenters. The third-order valence-electron chi connectivity index (χ3n) is 7.84. The Labute approximate surface area is 201 Å². The zero-order chi connectivity index (χ0) is 25.2. The Bertz CT molecular complexity index is 1290. The van der Waals surface area contributed by atoms with E-state index in [4.69, 9.17) is 4.98 Å². The average molecular weight is 487 g/mol. The Kier molecular flexibility index (Phi) is 5.35. The number of hydrogen-bond acceptors (Lipinski definition) is 4. The quantitative estimate of drug-likeness (QED) is 0.588. The van der Waals surface area contributed by atoms with Gasteiger partial charge in [-0.2, -0.15) is 13.2 Å². The van der Waals surface area contributed by atoms with Crippen LogP contribution in [-0.2, 0) is 18.8 Å². The lowest BCUT2D eigenvalue weighted by atomic mass is 9.71. The number of anilines is 1. The van der Waals surface area contributed by atoms with Gasteiger partial charge in [-0.25, -0.2) is 14.8 Å². The summed E-state index contributed by atoms with van der Waals surface area (Å²) in [6, 6.07) is 8.77. The van der Waals surface area contributed by atoms with E-state index in [1.165, 1.54) is 4.90 Å². The first kappa shape index (κ1) is 23.6. The molecule has 2 aliphatic rings. The summed E-state index contributed by atoms with van der Waals surface area (Å²) >= 11 is 0. The Hall–Kier alpha value is -3.14. The number of benzene rings is 1. The van der Waals surface area contributed by atoms with Crippen LogP contribution in [0.3, 0.4) is 0 Å². The van der Waals surface area contributed by atoms with Crippen molar-refractivity contribution in [3.63, 3.8) is 0 Å². The van der Waals surface area contributed by atoms with Gasteiger partial charge in [-0.05, 0) is 70.5 Å². The molecular weight excluding hydrogens is 457 g/mol. The minimum atomic E-state index is -4.52. The zero-order valence-corrected chi connectivity index (χ0v) is 20.3. The summed E-state index contributed by atoms with van der Waals surface area (Å²) in [5, 5.41) is 3.15. The molecule has 2 aromatic heterocycles. The van der Waals surface area contributed by atoms with Crippen molar-refractivity contribution in [1.29, 1.82) is 0 Å². The molecule has 2 amide bonds. The van der Waals surface area contributed by atoms with Gasteiger partial charge in [0.15, 0.2) is 0 Å². The van der Waals surface area contributed by atoms with Gasteiger partial charge in [0.1, 0.15) is 11.5 Å². The average Bonchev–Trinajstić information content (AvgIpc) is 3.31. The minimum Gasteiger partial charge on any atom is -0.330 e. The van der Waals surface area contributed by atoms with Crippen LogP contribution in [0.25, 0.3) is 11.0 Å². The summed E-state index contributed by atoms with van der Waals surface area (Å²) in [4.78, 5) is 25.3. The van der Waals surface area contributed by atoms with E-state index in [-0.39, 0.29) is 11.6 Å². The Balaban J connectivity index is 1.41. The smallest absolute Gasteiger partial charge is 0.330 e. The minimum absolute atomic E-state index is 0.289. The number of rotatable bonds is 3. The molecule has 1 saturated heterocycles. The monoisotopic (exact) mass is 486 g/mol. The maximum Gasteiger partial charge on any atom is 0.433 e. The standard InChI is InChI=1S/C25H29F3N6O/c1-16-13-20(25(26,27)28)29-14-19(16)34-15-23(31-22(34)35)9-11-24(12-10-23,32(2)3)21-30-17-7-5-6-8-18(17)33(21)4/h5-8,13-14H,9-12,15H2,1-4H3,(H,31,35). The van der Waals surface area contributed by atoms with Crippen molar-refractivity contribution in [3.05, 3.63) is 53.6 Å². The molecule has 0 atom stereocenters. The maximum absolute atomic E-state index is 13.0. The lowest BCUT2D eigenvalue weighted by molar-refractivity contribution is -0.141.